The van der Waals surface area contributed by atoms with E-state index in [1.807, 2.05) is 19.0 Å². The summed E-state index contributed by atoms with van der Waals surface area (Å²) in [6.07, 6.45) is 0. The van der Waals surface area contributed by atoms with Gasteiger partial charge in [0, 0.05) is 19.5 Å². The van der Waals surface area contributed by atoms with Gasteiger partial charge in [-0.05, 0) is 24.4 Å². The van der Waals surface area contributed by atoms with E-state index in [0.29, 0.717) is 0 Å². The zero-order chi connectivity index (χ0) is 15.1. The molecule has 0 aliphatic heterocycles. The van der Waals surface area contributed by atoms with E-state index in [9.17, 15) is 0 Å². The van der Waals surface area contributed by atoms with Crippen LogP contribution in [0, 0.1) is 0 Å². The zero-order valence-electron chi connectivity index (χ0n) is 12.4. The van der Waals surface area contributed by atoms with Crippen LogP contribution in [-0.2, 0) is 5.41 Å². The van der Waals surface area contributed by atoms with Crippen LogP contribution in [0.15, 0.2) is 12.1 Å². The lowest BCUT2D eigenvalue weighted by atomic mass is 9.98. The Bertz CT molecular complexity index is 653. The number of nitrogens with zero attached hydrogens (tertiary/aromatic N) is 2. The minimum absolute atomic E-state index is 0.0543. The Morgan fingerprint density at radius 2 is 2.00 bits per heavy atom. The predicted molar refractivity (Wildman–Crippen MR) is 93.1 cm³/mol. The van der Waals surface area contributed by atoms with E-state index < -0.39 is 0 Å². The Labute approximate surface area is 129 Å². The first-order valence-corrected chi connectivity index (χ1v) is 7.60. The molecule has 0 unspecified atom stereocenters. The summed E-state index contributed by atoms with van der Waals surface area (Å²) in [6, 6.07) is 4.14. The summed E-state index contributed by atoms with van der Waals surface area (Å²) in [5.41, 5.74) is 8.61. The smallest absolute Gasteiger partial charge is 0.168 e. The van der Waals surface area contributed by atoms with Gasteiger partial charge < -0.3 is 16.0 Å². The molecule has 0 aliphatic rings. The van der Waals surface area contributed by atoms with Crippen molar-refractivity contribution in [3.63, 3.8) is 0 Å². The first kappa shape index (κ1) is 15.0. The fourth-order valence-electron chi connectivity index (χ4n) is 1.89. The SMILES string of the molecule is CN(C)c1cc2nc(C(C)(C)C)sc2cc1NC(N)=S. The first-order valence-electron chi connectivity index (χ1n) is 6.37. The Hall–Kier alpha value is -1.40. The molecule has 0 bridgehead atoms. The third-order valence-electron chi connectivity index (χ3n) is 2.89. The van der Waals surface area contributed by atoms with Crippen molar-refractivity contribution < 1.29 is 0 Å². The molecule has 0 saturated heterocycles. The molecule has 0 radical (unpaired) electrons. The molecule has 1 aromatic carbocycles. The molecule has 2 rings (SSSR count). The van der Waals surface area contributed by atoms with E-state index in [4.69, 9.17) is 22.9 Å². The molecule has 0 aliphatic carbocycles. The average Bonchev–Trinajstić information content (AvgIpc) is 2.69. The van der Waals surface area contributed by atoms with Crippen LogP contribution in [0.2, 0.25) is 0 Å². The predicted octanol–water partition coefficient (Wildman–Crippen LogP) is 3.32. The first-order chi connectivity index (χ1) is 9.18. The van der Waals surface area contributed by atoms with Crippen LogP contribution in [0.5, 0.6) is 0 Å². The highest BCUT2D eigenvalue weighted by atomic mass is 32.1. The van der Waals surface area contributed by atoms with Crippen LogP contribution >= 0.6 is 23.6 Å². The molecule has 0 fully saturated rings. The normalized spacial score (nSPS) is 11.7. The maximum atomic E-state index is 5.60. The molecule has 108 valence electrons. The number of thiazole rings is 1. The van der Waals surface area contributed by atoms with Crippen molar-refractivity contribution in [2.45, 2.75) is 26.2 Å². The molecule has 0 atom stereocenters. The minimum atomic E-state index is 0.0543. The monoisotopic (exact) mass is 308 g/mol. The van der Waals surface area contributed by atoms with Crippen LogP contribution in [-0.4, -0.2) is 24.2 Å². The molecule has 1 aromatic heterocycles. The molecular weight excluding hydrogens is 288 g/mol. The van der Waals surface area contributed by atoms with Gasteiger partial charge in [0.2, 0.25) is 0 Å². The number of hydrogen-bond donors (Lipinski definition) is 2. The van der Waals surface area contributed by atoms with E-state index in [0.717, 1.165) is 26.6 Å². The number of nitrogens with two attached hydrogens (primary N) is 1. The largest absolute Gasteiger partial charge is 0.376 e. The fourth-order valence-corrected chi connectivity index (χ4v) is 3.04. The minimum Gasteiger partial charge on any atom is -0.376 e. The number of hydrogen-bond acceptors (Lipinski definition) is 4. The molecule has 0 amide bonds. The van der Waals surface area contributed by atoms with Crippen LogP contribution in [0.25, 0.3) is 10.2 Å². The number of aromatic nitrogens is 1. The van der Waals surface area contributed by atoms with Gasteiger partial charge in [-0.15, -0.1) is 11.3 Å². The second-order valence-corrected chi connectivity index (χ2v) is 7.46. The second kappa shape index (κ2) is 5.18. The van der Waals surface area contributed by atoms with Crippen molar-refractivity contribution in [1.82, 2.24) is 4.98 Å². The summed E-state index contributed by atoms with van der Waals surface area (Å²) in [6.45, 7) is 6.52. The van der Waals surface area contributed by atoms with Crippen LogP contribution < -0.4 is 16.0 Å². The molecule has 4 nitrogen and oxygen atoms in total. The summed E-state index contributed by atoms with van der Waals surface area (Å²) in [7, 11) is 3.98. The fraction of sp³-hybridized carbons (Fsp3) is 0.429. The molecule has 0 spiro atoms. The van der Waals surface area contributed by atoms with E-state index in [1.54, 1.807) is 11.3 Å². The number of thiocarbonyl (C=S) groups is 1. The Morgan fingerprint density at radius 1 is 1.35 bits per heavy atom. The van der Waals surface area contributed by atoms with Gasteiger partial charge in [-0.1, -0.05) is 20.8 Å². The number of benzene rings is 1. The number of nitrogens with one attached hydrogen (secondary N) is 1. The highest BCUT2D eigenvalue weighted by Crippen LogP contribution is 2.36. The summed E-state index contributed by atoms with van der Waals surface area (Å²) in [4.78, 5) is 6.77. The van der Waals surface area contributed by atoms with Crippen LogP contribution in [0.3, 0.4) is 0 Å². The van der Waals surface area contributed by atoms with Crippen molar-refractivity contribution in [1.29, 1.82) is 0 Å². The van der Waals surface area contributed by atoms with Crippen LogP contribution in [0.4, 0.5) is 11.4 Å². The Balaban J connectivity index is 2.61. The van der Waals surface area contributed by atoms with Gasteiger partial charge in [0.25, 0.3) is 0 Å². The third kappa shape index (κ3) is 3.02. The van der Waals surface area contributed by atoms with E-state index in [1.165, 1.54) is 0 Å². The molecule has 0 saturated carbocycles. The molecule has 20 heavy (non-hydrogen) atoms. The van der Waals surface area contributed by atoms with Crippen molar-refractivity contribution in [2.75, 3.05) is 24.3 Å². The van der Waals surface area contributed by atoms with E-state index in [-0.39, 0.29) is 10.5 Å². The van der Waals surface area contributed by atoms with E-state index >= 15 is 0 Å². The third-order valence-corrected chi connectivity index (χ3v) is 4.43. The average molecular weight is 308 g/mol. The summed E-state index contributed by atoms with van der Waals surface area (Å²) in [5, 5.41) is 4.44. The molecular formula is C14H20N4S2. The van der Waals surface area contributed by atoms with Gasteiger partial charge in [-0.2, -0.15) is 0 Å². The van der Waals surface area contributed by atoms with Gasteiger partial charge in [0.05, 0.1) is 26.6 Å². The number of rotatable bonds is 2. The van der Waals surface area contributed by atoms with Gasteiger partial charge in [0.1, 0.15) is 0 Å². The highest BCUT2D eigenvalue weighted by Gasteiger charge is 2.20. The molecule has 3 N–H and O–H groups in total. The summed E-state index contributed by atoms with van der Waals surface area (Å²) >= 11 is 6.66. The topological polar surface area (TPSA) is 54.2 Å². The quantitative estimate of drug-likeness (QED) is 0.834. The lowest BCUT2D eigenvalue weighted by molar-refractivity contribution is 0.587. The summed E-state index contributed by atoms with van der Waals surface area (Å²) < 4.78 is 1.14. The maximum absolute atomic E-state index is 5.60. The highest BCUT2D eigenvalue weighted by molar-refractivity contribution is 7.80. The zero-order valence-corrected chi connectivity index (χ0v) is 14.1. The Kier molecular flexibility index (Phi) is 3.88. The van der Waals surface area contributed by atoms with Gasteiger partial charge >= 0.3 is 0 Å². The van der Waals surface area contributed by atoms with Crippen molar-refractivity contribution in [3.05, 3.63) is 17.1 Å². The van der Waals surface area contributed by atoms with Crippen LogP contribution in [0.1, 0.15) is 25.8 Å². The van der Waals surface area contributed by atoms with Crippen molar-refractivity contribution in [2.24, 2.45) is 5.73 Å². The summed E-state index contributed by atoms with van der Waals surface area (Å²) in [5.74, 6) is 0. The molecule has 1 heterocycles. The van der Waals surface area contributed by atoms with Gasteiger partial charge in [-0.25, -0.2) is 4.98 Å². The van der Waals surface area contributed by atoms with Crippen molar-refractivity contribution >= 4 is 50.3 Å². The number of anilines is 2. The van der Waals surface area contributed by atoms with Crippen molar-refractivity contribution in [3.8, 4) is 0 Å². The molecule has 6 heteroatoms. The lowest BCUT2D eigenvalue weighted by Crippen LogP contribution is -2.21. The molecule has 2 aromatic rings. The standard InChI is InChI=1S/C14H20N4S2/c1-14(2,3)12-16-9-6-10(18(4)5)8(17-13(15)19)7-11(9)20-12/h6-7H,1-5H3,(H3,15,17,19). The maximum Gasteiger partial charge on any atom is 0.168 e. The Morgan fingerprint density at radius 3 is 2.50 bits per heavy atom. The van der Waals surface area contributed by atoms with Gasteiger partial charge in [0.15, 0.2) is 5.11 Å². The lowest BCUT2D eigenvalue weighted by Gasteiger charge is -2.18. The van der Waals surface area contributed by atoms with E-state index in [2.05, 4.69) is 38.2 Å². The second-order valence-electron chi connectivity index (χ2n) is 5.99. The van der Waals surface area contributed by atoms with Gasteiger partial charge in [-0.3, -0.25) is 0 Å². The number of fused-ring (bicyclic) bond motifs is 1.